The van der Waals surface area contributed by atoms with Gasteiger partial charge < -0.3 is 9.84 Å². The third-order valence-corrected chi connectivity index (χ3v) is 3.25. The summed E-state index contributed by atoms with van der Waals surface area (Å²) >= 11 is 0. The van der Waals surface area contributed by atoms with Crippen molar-refractivity contribution in [2.75, 3.05) is 5.32 Å². The predicted molar refractivity (Wildman–Crippen MR) is 78.1 cm³/mol. The van der Waals surface area contributed by atoms with Crippen molar-refractivity contribution in [1.82, 2.24) is 14.9 Å². The minimum absolute atomic E-state index is 0.201. The molecule has 1 aromatic carbocycles. The molecule has 2 heterocycles. The van der Waals surface area contributed by atoms with E-state index >= 15 is 0 Å². The molecule has 0 aliphatic heterocycles. The number of rotatable bonds is 3. The lowest BCUT2D eigenvalue weighted by molar-refractivity contribution is -0.141. The van der Waals surface area contributed by atoms with Gasteiger partial charge in [0, 0.05) is 30.4 Å². The number of hydrogen-bond acceptors (Lipinski definition) is 4. The summed E-state index contributed by atoms with van der Waals surface area (Å²) in [6, 6.07) is 9.02. The van der Waals surface area contributed by atoms with Crippen molar-refractivity contribution in [3.8, 4) is 11.3 Å². The Balaban J connectivity index is 1.83. The summed E-state index contributed by atoms with van der Waals surface area (Å²) in [7, 11) is 1.27. The molecule has 24 heavy (non-hydrogen) atoms. The van der Waals surface area contributed by atoms with E-state index in [2.05, 4.69) is 15.6 Å². The first-order valence-corrected chi connectivity index (χ1v) is 6.78. The zero-order valence-electron chi connectivity index (χ0n) is 12.3. The average Bonchev–Trinajstić information content (AvgIpc) is 3.16. The minimum atomic E-state index is -4.61. The summed E-state index contributed by atoms with van der Waals surface area (Å²) in [5.74, 6) is -0.193. The van der Waals surface area contributed by atoms with Crippen LogP contribution in [0.15, 0.2) is 47.1 Å². The maximum absolute atomic E-state index is 12.7. The highest BCUT2D eigenvalue weighted by molar-refractivity contribution is 6.03. The number of alkyl halides is 3. The topological polar surface area (TPSA) is 73.0 Å². The van der Waals surface area contributed by atoms with Gasteiger partial charge in [-0.3, -0.25) is 9.48 Å². The molecule has 3 aromatic rings. The van der Waals surface area contributed by atoms with Crippen molar-refractivity contribution in [3.05, 3.63) is 54.0 Å². The Morgan fingerprint density at radius 3 is 2.67 bits per heavy atom. The van der Waals surface area contributed by atoms with Crippen LogP contribution in [0.3, 0.4) is 0 Å². The second kappa shape index (κ2) is 5.84. The smallest absolute Gasteiger partial charge is 0.356 e. The molecule has 1 N–H and O–H groups in total. The zero-order chi connectivity index (χ0) is 17.3. The van der Waals surface area contributed by atoms with Crippen molar-refractivity contribution >= 4 is 11.6 Å². The van der Waals surface area contributed by atoms with Gasteiger partial charge in [-0.15, -0.1) is 0 Å². The van der Waals surface area contributed by atoms with E-state index in [9.17, 15) is 18.0 Å². The van der Waals surface area contributed by atoms with Crippen molar-refractivity contribution < 1.29 is 22.5 Å². The van der Waals surface area contributed by atoms with Crippen LogP contribution in [0, 0.1) is 0 Å². The quantitative estimate of drug-likeness (QED) is 0.796. The number of halogens is 3. The van der Waals surface area contributed by atoms with Crippen LogP contribution in [0.5, 0.6) is 0 Å². The normalized spacial score (nSPS) is 11.5. The fourth-order valence-electron chi connectivity index (χ4n) is 2.13. The summed E-state index contributed by atoms with van der Waals surface area (Å²) < 4.78 is 43.9. The molecule has 2 aromatic heterocycles. The standard InChI is InChI=1S/C15H11F3N4O2/c1-22-11(8-13(21-22)15(16,17)18)14(23)20-10-4-2-3-9(7-10)12-5-6-19-24-12/h2-8H,1H3,(H,20,23). The van der Waals surface area contributed by atoms with Crippen LogP contribution >= 0.6 is 0 Å². The average molecular weight is 336 g/mol. The highest BCUT2D eigenvalue weighted by Gasteiger charge is 2.35. The number of anilines is 1. The van der Waals surface area contributed by atoms with Gasteiger partial charge in [-0.1, -0.05) is 17.3 Å². The van der Waals surface area contributed by atoms with E-state index in [1.807, 2.05) is 0 Å². The van der Waals surface area contributed by atoms with E-state index in [-0.39, 0.29) is 5.69 Å². The molecule has 0 spiro atoms. The van der Waals surface area contributed by atoms with Crippen LogP contribution in [-0.2, 0) is 13.2 Å². The molecule has 0 bridgehead atoms. The maximum atomic E-state index is 12.7. The van der Waals surface area contributed by atoms with Crippen molar-refractivity contribution in [3.63, 3.8) is 0 Å². The maximum Gasteiger partial charge on any atom is 0.435 e. The van der Waals surface area contributed by atoms with Crippen LogP contribution in [0.25, 0.3) is 11.3 Å². The van der Waals surface area contributed by atoms with E-state index in [4.69, 9.17) is 4.52 Å². The Morgan fingerprint density at radius 1 is 1.25 bits per heavy atom. The molecule has 3 rings (SSSR count). The number of aromatic nitrogens is 3. The van der Waals surface area contributed by atoms with Gasteiger partial charge in [-0.25, -0.2) is 0 Å². The van der Waals surface area contributed by atoms with Crippen molar-refractivity contribution in [1.29, 1.82) is 0 Å². The third kappa shape index (κ3) is 3.14. The number of benzene rings is 1. The van der Waals surface area contributed by atoms with Gasteiger partial charge in [0.25, 0.3) is 5.91 Å². The Kier molecular flexibility index (Phi) is 3.84. The van der Waals surface area contributed by atoms with E-state index in [1.165, 1.54) is 13.2 Å². The molecule has 0 aliphatic rings. The Bertz CT molecular complexity index is 869. The van der Waals surface area contributed by atoms with Crippen LogP contribution < -0.4 is 5.32 Å². The summed E-state index contributed by atoms with van der Waals surface area (Å²) in [5.41, 5.74) is -0.243. The van der Waals surface area contributed by atoms with Gasteiger partial charge in [0.15, 0.2) is 11.5 Å². The molecule has 6 nitrogen and oxygen atoms in total. The first-order chi connectivity index (χ1) is 11.3. The number of carbonyl (C=O) groups is 1. The summed E-state index contributed by atoms with van der Waals surface area (Å²) in [6.45, 7) is 0. The van der Waals surface area contributed by atoms with Gasteiger partial charge >= 0.3 is 6.18 Å². The lowest BCUT2D eigenvalue weighted by atomic mass is 10.1. The molecule has 0 saturated carbocycles. The van der Waals surface area contributed by atoms with Crippen molar-refractivity contribution in [2.24, 2.45) is 7.05 Å². The molecule has 0 aliphatic carbocycles. The molecule has 0 saturated heterocycles. The second-order valence-corrected chi connectivity index (χ2v) is 4.95. The van der Waals surface area contributed by atoms with Gasteiger partial charge in [-0.05, 0) is 12.1 Å². The molecule has 124 valence electrons. The third-order valence-electron chi connectivity index (χ3n) is 3.25. The Morgan fingerprint density at radius 2 is 2.04 bits per heavy atom. The van der Waals surface area contributed by atoms with Crippen LogP contribution in [-0.4, -0.2) is 20.8 Å². The predicted octanol–water partition coefficient (Wildman–Crippen LogP) is 3.35. The van der Waals surface area contributed by atoms with E-state index in [1.54, 1.807) is 30.3 Å². The van der Waals surface area contributed by atoms with Gasteiger partial charge in [0.05, 0.1) is 6.20 Å². The van der Waals surface area contributed by atoms with Gasteiger partial charge in [0.1, 0.15) is 5.69 Å². The molecular formula is C15H11F3N4O2. The molecule has 0 fully saturated rings. The lowest BCUT2D eigenvalue weighted by Crippen LogP contribution is -2.16. The fourth-order valence-corrected chi connectivity index (χ4v) is 2.13. The van der Waals surface area contributed by atoms with Gasteiger partial charge in [0.2, 0.25) is 0 Å². The van der Waals surface area contributed by atoms with Crippen LogP contribution in [0.4, 0.5) is 18.9 Å². The largest absolute Gasteiger partial charge is 0.435 e. The highest BCUT2D eigenvalue weighted by Crippen LogP contribution is 2.28. The molecule has 0 atom stereocenters. The van der Waals surface area contributed by atoms with Crippen LogP contribution in [0.2, 0.25) is 0 Å². The molecule has 9 heteroatoms. The first kappa shape index (κ1) is 15.8. The Hall–Kier alpha value is -3.10. The number of nitrogens with zero attached hydrogens (tertiary/aromatic N) is 3. The molecule has 0 unspecified atom stereocenters. The molecule has 0 radical (unpaired) electrons. The van der Waals surface area contributed by atoms with E-state index in [0.717, 1.165) is 4.68 Å². The Labute approximate surface area is 133 Å². The molecular weight excluding hydrogens is 325 g/mol. The van der Waals surface area contributed by atoms with E-state index < -0.39 is 17.8 Å². The summed E-state index contributed by atoms with van der Waals surface area (Å²) in [4.78, 5) is 12.2. The fraction of sp³-hybridized carbons (Fsp3) is 0.133. The minimum Gasteiger partial charge on any atom is -0.356 e. The van der Waals surface area contributed by atoms with Crippen LogP contribution in [0.1, 0.15) is 16.2 Å². The van der Waals surface area contributed by atoms with Gasteiger partial charge in [-0.2, -0.15) is 18.3 Å². The summed E-state index contributed by atoms with van der Waals surface area (Å²) in [5, 5.41) is 9.44. The lowest BCUT2D eigenvalue weighted by Gasteiger charge is -2.06. The first-order valence-electron chi connectivity index (χ1n) is 6.78. The number of hydrogen-bond donors (Lipinski definition) is 1. The number of nitrogens with one attached hydrogen (secondary N) is 1. The monoisotopic (exact) mass is 336 g/mol. The second-order valence-electron chi connectivity index (χ2n) is 4.95. The highest BCUT2D eigenvalue weighted by atomic mass is 19.4. The number of carbonyl (C=O) groups excluding carboxylic acids is 1. The summed E-state index contributed by atoms with van der Waals surface area (Å²) in [6.07, 6.45) is -3.13. The number of aryl methyl sites for hydroxylation is 1. The van der Waals surface area contributed by atoms with Crippen molar-refractivity contribution in [2.45, 2.75) is 6.18 Å². The number of amides is 1. The molecule has 1 amide bonds. The zero-order valence-corrected chi connectivity index (χ0v) is 12.3. The van der Waals surface area contributed by atoms with E-state index in [0.29, 0.717) is 23.1 Å². The SMILES string of the molecule is Cn1nc(C(F)(F)F)cc1C(=O)Nc1cccc(-c2ccno2)c1.